The minimum atomic E-state index is 0.246. The molecular formula is C7H7ClN4. The van der Waals surface area contributed by atoms with Crippen LogP contribution >= 0.6 is 11.6 Å². The number of hydrogen-bond acceptors (Lipinski definition) is 3. The topological polar surface area (TPSA) is 56.2 Å². The lowest BCUT2D eigenvalue weighted by atomic mass is 10.3. The molecule has 0 fully saturated rings. The van der Waals surface area contributed by atoms with E-state index in [0.717, 1.165) is 11.3 Å². The molecule has 0 saturated carbocycles. The summed E-state index contributed by atoms with van der Waals surface area (Å²) in [7, 11) is 0. The molecule has 0 unspecified atom stereocenters. The summed E-state index contributed by atoms with van der Waals surface area (Å²) in [5.74, 6) is 0. The van der Waals surface area contributed by atoms with Gasteiger partial charge in [0.1, 0.15) is 0 Å². The molecule has 0 aliphatic rings. The second-order valence-corrected chi connectivity index (χ2v) is 2.71. The molecule has 2 heterocycles. The van der Waals surface area contributed by atoms with Crippen molar-refractivity contribution in [2.45, 2.75) is 6.54 Å². The Morgan fingerprint density at radius 2 is 2.33 bits per heavy atom. The summed E-state index contributed by atoms with van der Waals surface area (Å²) in [6.45, 7) is 0.428. The van der Waals surface area contributed by atoms with Crippen LogP contribution in [0.1, 0.15) is 5.69 Å². The molecule has 2 rings (SSSR count). The smallest absolute Gasteiger partial charge is 0.243 e. The van der Waals surface area contributed by atoms with Crippen molar-refractivity contribution in [2.75, 3.05) is 0 Å². The van der Waals surface area contributed by atoms with Gasteiger partial charge in [0, 0.05) is 6.54 Å². The van der Waals surface area contributed by atoms with Gasteiger partial charge in [-0.2, -0.15) is 4.98 Å². The van der Waals surface area contributed by atoms with E-state index in [2.05, 4.69) is 10.1 Å². The van der Waals surface area contributed by atoms with Gasteiger partial charge in [0.15, 0.2) is 5.65 Å². The predicted octanol–water partition coefficient (Wildman–Crippen LogP) is 0.841. The minimum Gasteiger partial charge on any atom is -0.325 e. The van der Waals surface area contributed by atoms with Crippen LogP contribution in [0.5, 0.6) is 0 Å². The van der Waals surface area contributed by atoms with Crippen molar-refractivity contribution in [1.29, 1.82) is 0 Å². The van der Waals surface area contributed by atoms with Gasteiger partial charge in [-0.3, -0.25) is 0 Å². The molecule has 0 saturated heterocycles. The Morgan fingerprint density at radius 1 is 1.50 bits per heavy atom. The van der Waals surface area contributed by atoms with E-state index in [4.69, 9.17) is 17.3 Å². The number of aromatic nitrogens is 3. The summed E-state index contributed by atoms with van der Waals surface area (Å²) in [4.78, 5) is 3.98. The van der Waals surface area contributed by atoms with E-state index < -0.39 is 0 Å². The van der Waals surface area contributed by atoms with Crippen molar-refractivity contribution in [3.63, 3.8) is 0 Å². The van der Waals surface area contributed by atoms with Crippen LogP contribution in [0.2, 0.25) is 5.28 Å². The highest BCUT2D eigenvalue weighted by molar-refractivity contribution is 6.28. The molecule has 4 nitrogen and oxygen atoms in total. The van der Waals surface area contributed by atoms with E-state index in [9.17, 15) is 0 Å². The van der Waals surface area contributed by atoms with Crippen LogP contribution in [0.25, 0.3) is 5.65 Å². The molecule has 0 atom stereocenters. The van der Waals surface area contributed by atoms with E-state index in [1.54, 1.807) is 4.52 Å². The van der Waals surface area contributed by atoms with Crippen molar-refractivity contribution >= 4 is 17.2 Å². The number of hydrogen-bond donors (Lipinski definition) is 1. The van der Waals surface area contributed by atoms with E-state index in [1.165, 1.54) is 0 Å². The first kappa shape index (κ1) is 7.52. The molecule has 0 radical (unpaired) electrons. The second-order valence-electron chi connectivity index (χ2n) is 2.37. The third-order valence-corrected chi connectivity index (χ3v) is 1.78. The Balaban J connectivity index is 2.78. The first-order chi connectivity index (χ1) is 5.81. The Bertz CT molecular complexity index is 409. The SMILES string of the molecule is NCc1cccc2nc(Cl)nn12. The molecule has 5 heteroatoms. The number of rotatable bonds is 1. The van der Waals surface area contributed by atoms with Crippen LogP contribution in [0.4, 0.5) is 0 Å². The van der Waals surface area contributed by atoms with Crippen LogP contribution in [-0.2, 0) is 6.54 Å². The van der Waals surface area contributed by atoms with Crippen molar-refractivity contribution in [3.8, 4) is 0 Å². The molecule has 0 bridgehead atoms. The molecule has 12 heavy (non-hydrogen) atoms. The van der Waals surface area contributed by atoms with Gasteiger partial charge < -0.3 is 5.73 Å². The Morgan fingerprint density at radius 3 is 3.08 bits per heavy atom. The van der Waals surface area contributed by atoms with Gasteiger partial charge in [0.05, 0.1) is 5.69 Å². The molecule has 0 amide bonds. The summed E-state index contributed by atoms with van der Waals surface area (Å²) in [6.07, 6.45) is 0. The number of halogens is 1. The molecule has 2 aromatic rings. The van der Waals surface area contributed by atoms with Crippen molar-refractivity contribution in [3.05, 3.63) is 29.2 Å². The third-order valence-electron chi connectivity index (χ3n) is 1.62. The maximum atomic E-state index is 5.63. The molecule has 2 aromatic heterocycles. The fraction of sp³-hybridized carbons (Fsp3) is 0.143. The van der Waals surface area contributed by atoms with Gasteiger partial charge in [-0.25, -0.2) is 4.52 Å². The Hall–Kier alpha value is -1.13. The zero-order valence-corrected chi connectivity index (χ0v) is 6.99. The molecule has 0 aromatic carbocycles. The van der Waals surface area contributed by atoms with Crippen LogP contribution in [0.3, 0.4) is 0 Å². The van der Waals surface area contributed by atoms with Crippen molar-refractivity contribution in [1.82, 2.24) is 14.6 Å². The van der Waals surface area contributed by atoms with Crippen LogP contribution in [0, 0.1) is 0 Å². The molecule has 0 aliphatic carbocycles. The fourth-order valence-corrected chi connectivity index (χ4v) is 1.25. The second kappa shape index (κ2) is 2.73. The Kier molecular flexibility index (Phi) is 1.71. The zero-order chi connectivity index (χ0) is 8.55. The summed E-state index contributed by atoms with van der Waals surface area (Å²) in [6, 6.07) is 5.60. The summed E-state index contributed by atoms with van der Waals surface area (Å²) < 4.78 is 1.64. The molecule has 62 valence electrons. The average Bonchev–Trinajstić information content (AvgIpc) is 2.44. The average molecular weight is 183 g/mol. The van der Waals surface area contributed by atoms with Gasteiger partial charge in [-0.05, 0) is 23.7 Å². The normalized spacial score (nSPS) is 10.8. The van der Waals surface area contributed by atoms with Gasteiger partial charge >= 0.3 is 0 Å². The van der Waals surface area contributed by atoms with Crippen molar-refractivity contribution in [2.24, 2.45) is 5.73 Å². The van der Waals surface area contributed by atoms with Gasteiger partial charge in [0.2, 0.25) is 5.28 Å². The lowest BCUT2D eigenvalue weighted by Crippen LogP contribution is -2.04. The first-order valence-electron chi connectivity index (χ1n) is 3.51. The number of nitrogens with two attached hydrogens (primary N) is 1. The van der Waals surface area contributed by atoms with E-state index in [-0.39, 0.29) is 5.28 Å². The van der Waals surface area contributed by atoms with Gasteiger partial charge in [-0.1, -0.05) is 6.07 Å². The predicted molar refractivity (Wildman–Crippen MR) is 45.9 cm³/mol. The highest BCUT2D eigenvalue weighted by atomic mass is 35.5. The highest BCUT2D eigenvalue weighted by Gasteiger charge is 2.02. The molecular weight excluding hydrogens is 176 g/mol. The van der Waals surface area contributed by atoms with E-state index in [1.807, 2.05) is 18.2 Å². The maximum absolute atomic E-state index is 5.63. The molecule has 2 N–H and O–H groups in total. The monoisotopic (exact) mass is 182 g/mol. The molecule has 0 spiro atoms. The maximum Gasteiger partial charge on any atom is 0.243 e. The fourth-order valence-electron chi connectivity index (χ4n) is 1.09. The zero-order valence-electron chi connectivity index (χ0n) is 6.24. The van der Waals surface area contributed by atoms with E-state index in [0.29, 0.717) is 6.54 Å². The molecule has 0 aliphatic heterocycles. The van der Waals surface area contributed by atoms with Crippen LogP contribution in [0.15, 0.2) is 18.2 Å². The summed E-state index contributed by atoms with van der Waals surface area (Å²) >= 11 is 5.63. The lowest BCUT2D eigenvalue weighted by Gasteiger charge is -1.97. The van der Waals surface area contributed by atoms with Gasteiger partial charge in [-0.15, -0.1) is 5.10 Å². The third kappa shape index (κ3) is 1.05. The number of nitrogens with zero attached hydrogens (tertiary/aromatic N) is 3. The van der Waals surface area contributed by atoms with Crippen molar-refractivity contribution < 1.29 is 0 Å². The lowest BCUT2D eigenvalue weighted by molar-refractivity contribution is 0.850. The minimum absolute atomic E-state index is 0.246. The van der Waals surface area contributed by atoms with Crippen LogP contribution in [-0.4, -0.2) is 14.6 Å². The highest BCUT2D eigenvalue weighted by Crippen LogP contribution is 2.07. The number of pyridine rings is 1. The van der Waals surface area contributed by atoms with E-state index >= 15 is 0 Å². The summed E-state index contributed by atoms with van der Waals surface area (Å²) in [5.41, 5.74) is 7.11. The van der Waals surface area contributed by atoms with Gasteiger partial charge in [0.25, 0.3) is 0 Å². The quantitative estimate of drug-likeness (QED) is 0.711. The standard InChI is InChI=1S/C7H7ClN4/c8-7-10-6-3-1-2-5(4-9)12(6)11-7/h1-3H,4,9H2. The number of fused-ring (bicyclic) bond motifs is 1. The summed E-state index contributed by atoms with van der Waals surface area (Å²) in [5, 5.41) is 4.22. The first-order valence-corrected chi connectivity index (χ1v) is 3.89. The van der Waals surface area contributed by atoms with Crippen LogP contribution < -0.4 is 5.73 Å². The largest absolute Gasteiger partial charge is 0.325 e. The Labute approximate surface area is 74.0 Å².